The van der Waals surface area contributed by atoms with Gasteiger partial charge in [-0.2, -0.15) is 5.26 Å². The lowest BCUT2D eigenvalue weighted by atomic mass is 10.1. The zero-order chi connectivity index (χ0) is 14.1. The molecule has 6 heteroatoms. The normalized spacial score (nSPS) is 13.2. The summed E-state index contributed by atoms with van der Waals surface area (Å²) in [6, 6.07) is 1.35. The molecule has 102 valence electrons. The van der Waals surface area contributed by atoms with Crippen LogP contribution in [-0.4, -0.2) is 41.6 Å². The monoisotopic (exact) mass is 255 g/mol. The number of amides is 2. The van der Waals surface area contributed by atoms with E-state index in [1.165, 1.54) is 4.90 Å². The maximum atomic E-state index is 11.8. The molecule has 0 aliphatic rings. The van der Waals surface area contributed by atoms with Crippen LogP contribution in [0.2, 0.25) is 0 Å². The Morgan fingerprint density at radius 3 is 2.56 bits per heavy atom. The van der Waals surface area contributed by atoms with Crippen LogP contribution in [0.3, 0.4) is 0 Å². The Morgan fingerprint density at radius 1 is 1.50 bits per heavy atom. The van der Waals surface area contributed by atoms with Gasteiger partial charge in [-0.05, 0) is 13.3 Å². The molecule has 6 nitrogen and oxygen atoms in total. The number of hydrogen-bond acceptors (Lipinski definition) is 3. The number of carbonyl (C=O) groups excluding carboxylic acids is 1. The van der Waals surface area contributed by atoms with Crippen molar-refractivity contribution < 1.29 is 14.7 Å². The van der Waals surface area contributed by atoms with Crippen LogP contribution in [0.15, 0.2) is 0 Å². The Balaban J connectivity index is 4.31. The Kier molecular flexibility index (Phi) is 7.52. The van der Waals surface area contributed by atoms with Gasteiger partial charge in [-0.3, -0.25) is 4.79 Å². The summed E-state index contributed by atoms with van der Waals surface area (Å²) >= 11 is 0. The van der Waals surface area contributed by atoms with Crippen LogP contribution in [0.25, 0.3) is 0 Å². The van der Waals surface area contributed by atoms with Crippen LogP contribution in [0.1, 0.15) is 33.1 Å². The molecule has 2 atom stereocenters. The molecule has 0 saturated heterocycles. The number of rotatable bonds is 7. The second-order valence-electron chi connectivity index (χ2n) is 4.44. The summed E-state index contributed by atoms with van der Waals surface area (Å²) in [6.07, 6.45) is 1.34. The van der Waals surface area contributed by atoms with E-state index >= 15 is 0 Å². The van der Waals surface area contributed by atoms with E-state index in [9.17, 15) is 9.59 Å². The van der Waals surface area contributed by atoms with Crippen molar-refractivity contribution in [3.8, 4) is 6.07 Å². The molecule has 0 aromatic carbocycles. The fourth-order valence-corrected chi connectivity index (χ4v) is 1.60. The molecule has 0 aromatic rings. The van der Waals surface area contributed by atoms with Gasteiger partial charge in [0.25, 0.3) is 0 Å². The SMILES string of the molecule is CCCC(CC(=O)O)NC(=O)N(C)CC(C)C#N. The van der Waals surface area contributed by atoms with Gasteiger partial charge in [0, 0.05) is 19.6 Å². The topological polar surface area (TPSA) is 93.4 Å². The third kappa shape index (κ3) is 6.74. The van der Waals surface area contributed by atoms with Gasteiger partial charge in [-0.1, -0.05) is 13.3 Å². The van der Waals surface area contributed by atoms with E-state index in [2.05, 4.69) is 5.32 Å². The van der Waals surface area contributed by atoms with Gasteiger partial charge in [0.1, 0.15) is 0 Å². The minimum Gasteiger partial charge on any atom is -0.481 e. The first-order chi connectivity index (χ1) is 8.40. The molecule has 2 N–H and O–H groups in total. The Morgan fingerprint density at radius 2 is 2.11 bits per heavy atom. The highest BCUT2D eigenvalue weighted by molar-refractivity contribution is 5.75. The molecule has 0 aromatic heterocycles. The average Bonchev–Trinajstić information content (AvgIpc) is 2.28. The lowest BCUT2D eigenvalue weighted by Crippen LogP contribution is -2.45. The molecule has 0 aliphatic carbocycles. The predicted octanol–water partition coefficient (Wildman–Crippen LogP) is 1.43. The maximum Gasteiger partial charge on any atom is 0.317 e. The molecule has 18 heavy (non-hydrogen) atoms. The molecule has 0 aliphatic heterocycles. The van der Waals surface area contributed by atoms with Crippen molar-refractivity contribution in [2.75, 3.05) is 13.6 Å². The quantitative estimate of drug-likeness (QED) is 0.719. The molecule has 0 spiro atoms. The second-order valence-corrected chi connectivity index (χ2v) is 4.44. The molecule has 2 amide bonds. The average molecular weight is 255 g/mol. The smallest absolute Gasteiger partial charge is 0.317 e. The maximum absolute atomic E-state index is 11.8. The summed E-state index contributed by atoms with van der Waals surface area (Å²) in [5, 5.41) is 20.1. The van der Waals surface area contributed by atoms with Crippen molar-refractivity contribution in [3.63, 3.8) is 0 Å². The fraction of sp³-hybridized carbons (Fsp3) is 0.750. The third-order valence-electron chi connectivity index (χ3n) is 2.50. The van der Waals surface area contributed by atoms with Gasteiger partial charge in [0.2, 0.25) is 0 Å². The Labute approximate surface area is 108 Å². The highest BCUT2D eigenvalue weighted by Gasteiger charge is 2.18. The molecular weight excluding hydrogens is 234 g/mol. The van der Waals surface area contributed by atoms with E-state index in [0.717, 1.165) is 6.42 Å². The third-order valence-corrected chi connectivity index (χ3v) is 2.50. The van der Waals surface area contributed by atoms with E-state index in [1.807, 2.05) is 13.0 Å². The molecular formula is C12H21N3O3. The molecule has 0 bridgehead atoms. The van der Waals surface area contributed by atoms with E-state index in [1.54, 1.807) is 14.0 Å². The van der Waals surface area contributed by atoms with Gasteiger partial charge in [-0.15, -0.1) is 0 Å². The van der Waals surface area contributed by atoms with Crippen LogP contribution in [0.5, 0.6) is 0 Å². The second kappa shape index (κ2) is 8.34. The highest BCUT2D eigenvalue weighted by atomic mass is 16.4. The molecule has 0 fully saturated rings. The lowest BCUT2D eigenvalue weighted by molar-refractivity contribution is -0.137. The van der Waals surface area contributed by atoms with Crippen LogP contribution < -0.4 is 5.32 Å². The first-order valence-corrected chi connectivity index (χ1v) is 6.03. The molecule has 0 heterocycles. The standard InChI is InChI=1S/C12H21N3O3/c1-4-5-10(6-11(16)17)14-12(18)15(3)8-9(2)7-13/h9-10H,4-6,8H2,1-3H3,(H,14,18)(H,16,17). The fourth-order valence-electron chi connectivity index (χ4n) is 1.60. The number of carbonyl (C=O) groups is 2. The van der Waals surface area contributed by atoms with Crippen LogP contribution in [0.4, 0.5) is 4.79 Å². The molecule has 0 radical (unpaired) electrons. The van der Waals surface area contributed by atoms with E-state index in [-0.39, 0.29) is 24.4 Å². The van der Waals surface area contributed by atoms with Crippen molar-refractivity contribution in [1.29, 1.82) is 5.26 Å². The van der Waals surface area contributed by atoms with Crippen molar-refractivity contribution in [2.24, 2.45) is 5.92 Å². The summed E-state index contributed by atoms with van der Waals surface area (Å²) in [5.41, 5.74) is 0. The molecule has 0 rings (SSSR count). The minimum atomic E-state index is -0.929. The summed E-state index contributed by atoms with van der Waals surface area (Å²) < 4.78 is 0. The van der Waals surface area contributed by atoms with Gasteiger partial charge in [0.15, 0.2) is 0 Å². The summed E-state index contributed by atoms with van der Waals surface area (Å²) in [6.45, 7) is 3.99. The van der Waals surface area contributed by atoms with Crippen LogP contribution in [-0.2, 0) is 4.79 Å². The van der Waals surface area contributed by atoms with Gasteiger partial charge >= 0.3 is 12.0 Å². The van der Waals surface area contributed by atoms with E-state index in [4.69, 9.17) is 10.4 Å². The highest BCUT2D eigenvalue weighted by Crippen LogP contribution is 2.04. The molecule has 2 unspecified atom stereocenters. The number of hydrogen-bond donors (Lipinski definition) is 2. The number of carboxylic acids is 1. The number of urea groups is 1. The Hall–Kier alpha value is -1.77. The Bertz CT molecular complexity index is 325. The van der Waals surface area contributed by atoms with Crippen molar-refractivity contribution >= 4 is 12.0 Å². The van der Waals surface area contributed by atoms with Crippen molar-refractivity contribution in [3.05, 3.63) is 0 Å². The zero-order valence-corrected chi connectivity index (χ0v) is 11.1. The number of carboxylic acid groups (broad SMARTS) is 1. The first-order valence-electron chi connectivity index (χ1n) is 6.03. The largest absolute Gasteiger partial charge is 0.481 e. The summed E-state index contributed by atoms with van der Waals surface area (Å²) in [7, 11) is 1.59. The van der Waals surface area contributed by atoms with Gasteiger partial charge < -0.3 is 15.3 Å². The lowest BCUT2D eigenvalue weighted by Gasteiger charge is -2.23. The van der Waals surface area contributed by atoms with Crippen molar-refractivity contribution in [1.82, 2.24) is 10.2 Å². The van der Waals surface area contributed by atoms with E-state index < -0.39 is 5.97 Å². The van der Waals surface area contributed by atoms with Crippen LogP contribution in [0, 0.1) is 17.2 Å². The summed E-state index contributed by atoms with van der Waals surface area (Å²) in [5.74, 6) is -1.17. The number of nitrogens with zero attached hydrogens (tertiary/aromatic N) is 2. The van der Waals surface area contributed by atoms with Gasteiger partial charge in [0.05, 0.1) is 18.4 Å². The summed E-state index contributed by atoms with van der Waals surface area (Å²) in [4.78, 5) is 23.8. The number of nitriles is 1. The van der Waals surface area contributed by atoms with Gasteiger partial charge in [-0.25, -0.2) is 4.79 Å². The molecule has 0 saturated carbocycles. The van der Waals surface area contributed by atoms with E-state index in [0.29, 0.717) is 13.0 Å². The van der Waals surface area contributed by atoms with Crippen LogP contribution >= 0.6 is 0 Å². The van der Waals surface area contributed by atoms with Crippen molar-refractivity contribution in [2.45, 2.75) is 39.2 Å². The predicted molar refractivity (Wildman–Crippen MR) is 66.9 cm³/mol. The minimum absolute atomic E-state index is 0.0821. The number of aliphatic carboxylic acids is 1. The number of nitrogens with one attached hydrogen (secondary N) is 1. The first kappa shape index (κ1) is 16.2. The zero-order valence-electron chi connectivity index (χ0n) is 11.1.